The summed E-state index contributed by atoms with van der Waals surface area (Å²) in [5, 5.41) is 5.29. The van der Waals surface area contributed by atoms with Gasteiger partial charge in [0.2, 0.25) is 5.91 Å². The van der Waals surface area contributed by atoms with Crippen molar-refractivity contribution >= 4 is 52.2 Å². The number of carbonyl (C=O) groups excluding carboxylic acids is 3. The lowest BCUT2D eigenvalue weighted by Crippen LogP contribution is -2.38. The molecular weight excluding hydrogens is 513 g/mol. The van der Waals surface area contributed by atoms with E-state index in [-0.39, 0.29) is 12.2 Å². The number of halogens is 1. The molecule has 0 unspecified atom stereocenters. The van der Waals surface area contributed by atoms with Gasteiger partial charge in [0.15, 0.2) is 11.5 Å². The number of urea groups is 1. The van der Waals surface area contributed by atoms with Gasteiger partial charge < -0.3 is 20.1 Å². The molecule has 0 aliphatic carbocycles. The number of nitrogens with one attached hydrogen (secondary N) is 2. The van der Waals surface area contributed by atoms with E-state index < -0.39 is 17.8 Å². The third-order valence-electron chi connectivity index (χ3n) is 4.70. The predicted octanol–water partition coefficient (Wildman–Crippen LogP) is 3.40. The lowest BCUT2D eigenvalue weighted by Gasteiger charge is -2.13. The molecule has 1 saturated heterocycles. The fourth-order valence-electron chi connectivity index (χ4n) is 3.19. The molecule has 162 valence electrons. The Bertz CT molecular complexity index is 1070. The molecule has 1 heterocycles. The molecule has 0 radical (unpaired) electrons. The number of anilines is 1. The molecular formula is C22H22IN3O5. The van der Waals surface area contributed by atoms with Crippen molar-refractivity contribution in [3.63, 3.8) is 0 Å². The summed E-state index contributed by atoms with van der Waals surface area (Å²) in [5.41, 5.74) is 2.36. The van der Waals surface area contributed by atoms with Crippen molar-refractivity contribution in [2.45, 2.75) is 13.3 Å². The first kappa shape index (κ1) is 22.6. The minimum Gasteiger partial charge on any atom is -0.493 e. The number of carbonyl (C=O) groups is 3. The topological polar surface area (TPSA) is 97.0 Å². The van der Waals surface area contributed by atoms with Crippen LogP contribution in [0.2, 0.25) is 0 Å². The van der Waals surface area contributed by atoms with E-state index in [1.165, 1.54) is 13.2 Å². The van der Waals surface area contributed by atoms with Gasteiger partial charge in [0, 0.05) is 5.69 Å². The highest BCUT2D eigenvalue weighted by Crippen LogP contribution is 2.34. The number of rotatable bonds is 7. The molecule has 1 aliphatic rings. The Hall–Kier alpha value is -3.08. The number of imide groups is 1. The number of para-hydroxylation sites is 1. The molecule has 0 atom stereocenters. The van der Waals surface area contributed by atoms with Gasteiger partial charge in [0.1, 0.15) is 12.2 Å². The van der Waals surface area contributed by atoms with E-state index in [0.29, 0.717) is 22.7 Å². The van der Waals surface area contributed by atoms with Crippen LogP contribution < -0.4 is 20.1 Å². The van der Waals surface area contributed by atoms with Crippen LogP contribution in [0.3, 0.4) is 0 Å². The van der Waals surface area contributed by atoms with Gasteiger partial charge in [-0.3, -0.25) is 9.59 Å². The van der Waals surface area contributed by atoms with Crippen LogP contribution in [0, 0.1) is 3.57 Å². The van der Waals surface area contributed by atoms with Crippen molar-refractivity contribution in [3.05, 3.63) is 56.8 Å². The van der Waals surface area contributed by atoms with Crippen LogP contribution in [0.5, 0.6) is 11.5 Å². The van der Waals surface area contributed by atoms with Crippen molar-refractivity contribution in [2.75, 3.05) is 26.1 Å². The molecule has 1 aliphatic heterocycles. The standard InChI is InChI=1S/C22H22IN3O5/c1-4-14-7-5-6-8-16(14)24-19(27)12-26-21(28)17(25-22(26)29)10-13-9-15(23)20(31-3)18(11-13)30-2/h5-11H,4,12H2,1-3H3,(H,24,27)(H,25,29)/b17-10+. The van der Waals surface area contributed by atoms with Crippen molar-refractivity contribution in [1.29, 1.82) is 0 Å². The number of hydrogen-bond donors (Lipinski definition) is 2. The molecule has 4 amide bonds. The summed E-state index contributed by atoms with van der Waals surface area (Å²) in [7, 11) is 3.06. The molecule has 3 rings (SSSR count). The summed E-state index contributed by atoms with van der Waals surface area (Å²) in [4.78, 5) is 38.4. The van der Waals surface area contributed by atoms with Crippen LogP contribution in [0.15, 0.2) is 42.1 Å². The van der Waals surface area contributed by atoms with Crippen molar-refractivity contribution in [3.8, 4) is 11.5 Å². The summed E-state index contributed by atoms with van der Waals surface area (Å²) in [6.45, 7) is 1.60. The van der Waals surface area contributed by atoms with Gasteiger partial charge in [-0.1, -0.05) is 25.1 Å². The van der Waals surface area contributed by atoms with Crippen LogP contribution in [0.4, 0.5) is 10.5 Å². The summed E-state index contributed by atoms with van der Waals surface area (Å²) >= 11 is 2.10. The zero-order valence-electron chi connectivity index (χ0n) is 17.3. The highest BCUT2D eigenvalue weighted by atomic mass is 127. The molecule has 2 N–H and O–H groups in total. The van der Waals surface area contributed by atoms with Crippen LogP contribution in [-0.2, 0) is 16.0 Å². The minimum atomic E-state index is -0.648. The highest BCUT2D eigenvalue weighted by molar-refractivity contribution is 14.1. The summed E-state index contributed by atoms with van der Waals surface area (Å²) in [5.74, 6) is 0.0570. The van der Waals surface area contributed by atoms with E-state index in [1.54, 1.807) is 25.3 Å². The Morgan fingerprint density at radius 2 is 1.94 bits per heavy atom. The van der Waals surface area contributed by atoms with Crippen LogP contribution >= 0.6 is 22.6 Å². The molecule has 2 aromatic rings. The predicted molar refractivity (Wildman–Crippen MR) is 125 cm³/mol. The smallest absolute Gasteiger partial charge is 0.329 e. The minimum absolute atomic E-state index is 0.0785. The van der Waals surface area contributed by atoms with Gasteiger partial charge in [-0.2, -0.15) is 0 Å². The van der Waals surface area contributed by atoms with Gasteiger partial charge in [-0.15, -0.1) is 0 Å². The summed E-state index contributed by atoms with van der Waals surface area (Å²) in [6.07, 6.45) is 2.28. The van der Waals surface area contributed by atoms with E-state index in [9.17, 15) is 14.4 Å². The Labute approximate surface area is 193 Å². The number of aryl methyl sites for hydroxylation is 1. The fraction of sp³-hybridized carbons (Fsp3) is 0.227. The molecule has 8 nitrogen and oxygen atoms in total. The zero-order chi connectivity index (χ0) is 22.5. The van der Waals surface area contributed by atoms with Crippen LogP contribution in [0.25, 0.3) is 6.08 Å². The van der Waals surface area contributed by atoms with Gasteiger partial charge in [-0.25, -0.2) is 9.69 Å². The number of methoxy groups -OCH3 is 2. The first-order valence-electron chi connectivity index (χ1n) is 9.51. The Kier molecular flexibility index (Phi) is 7.16. The SMILES string of the molecule is CCc1ccccc1NC(=O)CN1C(=O)N/C(=C/c2cc(I)c(OC)c(OC)c2)C1=O. The van der Waals surface area contributed by atoms with Gasteiger partial charge in [-0.05, 0) is 64.4 Å². The van der Waals surface area contributed by atoms with E-state index in [0.717, 1.165) is 20.5 Å². The largest absolute Gasteiger partial charge is 0.493 e. The van der Waals surface area contributed by atoms with Gasteiger partial charge in [0.05, 0.1) is 17.8 Å². The molecule has 31 heavy (non-hydrogen) atoms. The first-order valence-corrected chi connectivity index (χ1v) is 10.6. The number of amides is 4. The van der Waals surface area contributed by atoms with E-state index in [4.69, 9.17) is 9.47 Å². The second kappa shape index (κ2) is 9.82. The third kappa shape index (κ3) is 4.98. The highest BCUT2D eigenvalue weighted by Gasteiger charge is 2.35. The Morgan fingerprint density at radius 1 is 1.19 bits per heavy atom. The molecule has 0 aromatic heterocycles. The lowest BCUT2D eigenvalue weighted by molar-refractivity contribution is -0.127. The zero-order valence-corrected chi connectivity index (χ0v) is 19.5. The maximum absolute atomic E-state index is 12.7. The number of hydrogen-bond acceptors (Lipinski definition) is 5. The summed E-state index contributed by atoms with van der Waals surface area (Å²) in [6, 6.07) is 10.2. The maximum Gasteiger partial charge on any atom is 0.329 e. The van der Waals surface area contributed by atoms with Crippen molar-refractivity contribution in [2.24, 2.45) is 0 Å². The summed E-state index contributed by atoms with van der Waals surface area (Å²) < 4.78 is 11.4. The fourth-order valence-corrected chi connectivity index (χ4v) is 4.03. The molecule has 0 bridgehead atoms. The first-order chi connectivity index (χ1) is 14.9. The van der Waals surface area contributed by atoms with Crippen molar-refractivity contribution < 1.29 is 23.9 Å². The lowest BCUT2D eigenvalue weighted by atomic mass is 10.1. The number of ether oxygens (including phenoxy) is 2. The van der Waals surface area contributed by atoms with Crippen molar-refractivity contribution in [1.82, 2.24) is 10.2 Å². The van der Waals surface area contributed by atoms with E-state index >= 15 is 0 Å². The molecule has 0 saturated carbocycles. The second-order valence-electron chi connectivity index (χ2n) is 6.68. The average Bonchev–Trinajstić information content (AvgIpc) is 3.00. The van der Waals surface area contributed by atoms with Gasteiger partial charge in [0.25, 0.3) is 5.91 Å². The average molecular weight is 535 g/mol. The van der Waals surface area contributed by atoms with Gasteiger partial charge >= 0.3 is 6.03 Å². The van der Waals surface area contributed by atoms with E-state index in [1.807, 2.05) is 25.1 Å². The maximum atomic E-state index is 12.7. The third-order valence-corrected chi connectivity index (χ3v) is 5.50. The molecule has 1 fully saturated rings. The molecule has 9 heteroatoms. The van der Waals surface area contributed by atoms with Crippen LogP contribution in [0.1, 0.15) is 18.1 Å². The monoisotopic (exact) mass is 535 g/mol. The Morgan fingerprint density at radius 3 is 2.61 bits per heavy atom. The second-order valence-corrected chi connectivity index (χ2v) is 7.84. The number of nitrogens with zero attached hydrogens (tertiary/aromatic N) is 1. The van der Waals surface area contributed by atoms with E-state index in [2.05, 4.69) is 33.2 Å². The molecule has 2 aromatic carbocycles. The molecule has 0 spiro atoms. The normalized spacial score (nSPS) is 14.6. The van der Waals surface area contributed by atoms with Crippen LogP contribution in [-0.4, -0.2) is 43.5 Å². The Balaban J connectivity index is 1.76. The quantitative estimate of drug-likeness (QED) is 0.322. The number of benzene rings is 2.